The van der Waals surface area contributed by atoms with Gasteiger partial charge in [-0.1, -0.05) is 12.2 Å². The minimum Gasteiger partial charge on any atom is -0.368 e. The Morgan fingerprint density at radius 2 is 0.875 bits per heavy atom. The standard InChI is InChI=1S/C20H14N4.C6H7N.Fe/c1-2-14-10-16-5-6-18(23-16)12-20-8-7-19(24-20)11-17-4-3-15(22-17)9-13(1)21-14;1-2-4-6-7-5-3-1;/h1-12,21-22H;1-7H;. The van der Waals surface area contributed by atoms with Gasteiger partial charge < -0.3 is 15.3 Å². The summed E-state index contributed by atoms with van der Waals surface area (Å²) in [5.74, 6) is 0. The number of nitrogens with zero attached hydrogens (tertiary/aromatic N) is 2. The van der Waals surface area contributed by atoms with Gasteiger partial charge in [0.2, 0.25) is 0 Å². The van der Waals surface area contributed by atoms with Gasteiger partial charge in [-0.05, 0) is 85.0 Å². The van der Waals surface area contributed by atoms with Crippen molar-refractivity contribution in [2.75, 3.05) is 0 Å². The maximum absolute atomic E-state index is 4.62. The molecule has 5 nitrogen and oxygen atoms in total. The Kier molecular flexibility index (Phi) is 6.66. The third-order valence-corrected chi connectivity index (χ3v) is 4.76. The van der Waals surface area contributed by atoms with Crippen molar-refractivity contribution < 1.29 is 17.1 Å². The van der Waals surface area contributed by atoms with Crippen molar-refractivity contribution in [2.24, 2.45) is 0 Å². The number of fused-ring (bicyclic) bond motifs is 8. The first kappa shape index (κ1) is 21.4. The Bertz CT molecular complexity index is 1310. The number of allylic oxidation sites excluding steroid dienone is 4. The van der Waals surface area contributed by atoms with Gasteiger partial charge in [0.15, 0.2) is 0 Å². The van der Waals surface area contributed by atoms with E-state index < -0.39 is 0 Å². The molecule has 3 aromatic rings. The van der Waals surface area contributed by atoms with E-state index in [9.17, 15) is 0 Å². The molecule has 0 aliphatic carbocycles. The number of hydrogen-bond acceptors (Lipinski definition) is 3. The summed E-state index contributed by atoms with van der Waals surface area (Å²) in [5.41, 5.74) is 7.86. The maximum atomic E-state index is 4.62. The Labute approximate surface area is 196 Å². The maximum Gasteiger partial charge on any atom is 0.0659 e. The number of hydrogen-bond donors (Lipinski definition) is 3. The van der Waals surface area contributed by atoms with Gasteiger partial charge in [-0.2, -0.15) is 0 Å². The van der Waals surface area contributed by atoms with Crippen LogP contribution in [-0.2, 0) is 17.1 Å². The van der Waals surface area contributed by atoms with E-state index in [1.54, 1.807) is 0 Å². The van der Waals surface area contributed by atoms with E-state index in [-0.39, 0.29) is 17.1 Å². The van der Waals surface area contributed by atoms with Crippen molar-refractivity contribution in [1.82, 2.24) is 25.3 Å². The zero-order valence-electron chi connectivity index (χ0n) is 17.1. The normalized spacial score (nSPS) is 13.0. The Morgan fingerprint density at radius 3 is 1.34 bits per heavy atom. The van der Waals surface area contributed by atoms with Crippen molar-refractivity contribution in [3.8, 4) is 0 Å². The van der Waals surface area contributed by atoms with Crippen LogP contribution in [0, 0.1) is 0 Å². The van der Waals surface area contributed by atoms with Crippen molar-refractivity contribution in [1.29, 1.82) is 0 Å². The molecule has 0 unspecified atom stereocenters. The van der Waals surface area contributed by atoms with Crippen LogP contribution in [0.4, 0.5) is 0 Å². The number of aromatic amines is 2. The van der Waals surface area contributed by atoms with Gasteiger partial charge in [0.05, 0.1) is 22.8 Å². The van der Waals surface area contributed by atoms with E-state index in [1.165, 1.54) is 0 Å². The summed E-state index contributed by atoms with van der Waals surface area (Å²) in [7, 11) is 0. The molecule has 158 valence electrons. The SMILES string of the molecule is C1=CC=CNC=C1.C1=Cc2cc3ccc(cc4ccc(cc5nc(cc1n2)C=C5)[nH]4)[nH]3.[Fe]. The molecule has 0 saturated carbocycles. The molecule has 6 heteroatoms. The summed E-state index contributed by atoms with van der Waals surface area (Å²) in [5, 5.41) is 2.92. The summed E-state index contributed by atoms with van der Waals surface area (Å²) in [6.45, 7) is 0. The van der Waals surface area contributed by atoms with Gasteiger partial charge in [-0.15, -0.1) is 0 Å². The Morgan fingerprint density at radius 1 is 0.469 bits per heavy atom. The smallest absolute Gasteiger partial charge is 0.0659 e. The van der Waals surface area contributed by atoms with Crippen molar-refractivity contribution in [2.45, 2.75) is 0 Å². The van der Waals surface area contributed by atoms with Crippen LogP contribution in [-0.4, -0.2) is 19.9 Å². The fourth-order valence-electron chi connectivity index (χ4n) is 3.35. The molecule has 8 bridgehead atoms. The molecular weight excluding hydrogens is 438 g/mol. The first-order chi connectivity index (χ1) is 15.3. The van der Waals surface area contributed by atoms with Gasteiger partial charge in [0.1, 0.15) is 0 Å². The minimum atomic E-state index is 0. The fraction of sp³-hybridized carbons (Fsp3) is 0. The van der Waals surface area contributed by atoms with Crippen LogP contribution in [0.15, 0.2) is 85.2 Å². The molecule has 0 fully saturated rings. The molecule has 6 rings (SSSR count). The second-order valence-corrected chi connectivity index (χ2v) is 7.17. The van der Waals surface area contributed by atoms with Crippen LogP contribution < -0.4 is 5.32 Å². The molecule has 32 heavy (non-hydrogen) atoms. The minimum absolute atomic E-state index is 0. The monoisotopic (exact) mass is 459 g/mol. The molecule has 3 N–H and O–H groups in total. The molecule has 3 aliphatic heterocycles. The van der Waals surface area contributed by atoms with Gasteiger partial charge >= 0.3 is 0 Å². The molecule has 3 aliphatic rings. The van der Waals surface area contributed by atoms with Crippen LogP contribution in [0.2, 0.25) is 0 Å². The number of nitrogens with one attached hydrogen (secondary N) is 3. The van der Waals surface area contributed by atoms with E-state index in [1.807, 2.05) is 79.2 Å². The Hall–Kier alpha value is -3.86. The first-order valence-electron chi connectivity index (χ1n) is 10.1. The Balaban J connectivity index is 0.000000265. The quantitative estimate of drug-likeness (QED) is 0.256. The molecule has 0 atom stereocenters. The average molecular weight is 459 g/mol. The van der Waals surface area contributed by atoms with Gasteiger partial charge in [0, 0.05) is 51.5 Å². The topological polar surface area (TPSA) is 69.4 Å². The van der Waals surface area contributed by atoms with Crippen molar-refractivity contribution >= 4 is 46.4 Å². The van der Waals surface area contributed by atoms with Crippen LogP contribution in [0.5, 0.6) is 0 Å². The summed E-state index contributed by atoms with van der Waals surface area (Å²) < 4.78 is 0. The van der Waals surface area contributed by atoms with E-state index in [2.05, 4.69) is 55.6 Å². The van der Waals surface area contributed by atoms with Crippen LogP contribution >= 0.6 is 0 Å². The van der Waals surface area contributed by atoms with Crippen molar-refractivity contribution in [3.05, 3.63) is 108 Å². The zero-order chi connectivity index (χ0) is 20.9. The summed E-state index contributed by atoms with van der Waals surface area (Å²) in [4.78, 5) is 16.0. The molecule has 0 aromatic carbocycles. The molecule has 6 heterocycles. The summed E-state index contributed by atoms with van der Waals surface area (Å²) in [6, 6.07) is 16.4. The molecule has 0 radical (unpaired) electrons. The number of rotatable bonds is 0. The average Bonchev–Trinajstić information content (AvgIpc) is 3.53. The molecular formula is C26H21FeN5. The number of H-pyrrole nitrogens is 2. The van der Waals surface area contributed by atoms with Crippen LogP contribution in [0.25, 0.3) is 46.4 Å². The summed E-state index contributed by atoms with van der Waals surface area (Å²) >= 11 is 0. The fourth-order valence-corrected chi connectivity index (χ4v) is 3.35. The van der Waals surface area contributed by atoms with E-state index >= 15 is 0 Å². The van der Waals surface area contributed by atoms with E-state index in [4.69, 9.17) is 0 Å². The second kappa shape index (κ2) is 9.96. The predicted octanol–water partition coefficient (Wildman–Crippen LogP) is 5.83. The van der Waals surface area contributed by atoms with Gasteiger partial charge in [-0.3, -0.25) is 0 Å². The number of aromatic nitrogens is 4. The van der Waals surface area contributed by atoms with Gasteiger partial charge in [-0.25, -0.2) is 9.97 Å². The third kappa shape index (κ3) is 5.43. The molecule has 0 saturated heterocycles. The predicted molar refractivity (Wildman–Crippen MR) is 129 cm³/mol. The molecule has 0 spiro atoms. The van der Waals surface area contributed by atoms with Crippen LogP contribution in [0.3, 0.4) is 0 Å². The third-order valence-electron chi connectivity index (χ3n) is 4.76. The van der Waals surface area contributed by atoms with E-state index in [0.717, 1.165) is 44.8 Å². The molecule has 3 aromatic heterocycles. The summed E-state index contributed by atoms with van der Waals surface area (Å²) in [6.07, 6.45) is 19.6. The van der Waals surface area contributed by atoms with E-state index in [0.29, 0.717) is 0 Å². The zero-order valence-corrected chi connectivity index (χ0v) is 18.2. The second-order valence-electron chi connectivity index (χ2n) is 7.17. The first-order valence-corrected chi connectivity index (χ1v) is 10.1. The molecule has 0 amide bonds. The van der Waals surface area contributed by atoms with Crippen LogP contribution in [0.1, 0.15) is 22.8 Å². The van der Waals surface area contributed by atoms with Gasteiger partial charge in [0.25, 0.3) is 0 Å². The largest absolute Gasteiger partial charge is 0.368 e. The van der Waals surface area contributed by atoms with Crippen molar-refractivity contribution in [3.63, 3.8) is 0 Å².